The van der Waals surface area contributed by atoms with Crippen LogP contribution in [0.15, 0.2) is 0 Å². The Kier molecular flexibility index (Phi) is 3.93. The molecule has 0 spiro atoms. The number of hydrogen-bond donors (Lipinski definition) is 2. The summed E-state index contributed by atoms with van der Waals surface area (Å²) in [5, 5.41) is 0. The SMILES string of the molecule is CN(C)C(C)(C)C(CC1CCC1)NN. The molecule has 0 aromatic heterocycles. The van der Waals surface area contributed by atoms with Gasteiger partial charge in [0.25, 0.3) is 0 Å². The third-order valence-corrected chi connectivity index (χ3v) is 4.00. The van der Waals surface area contributed by atoms with E-state index in [0.29, 0.717) is 6.04 Å². The first kappa shape index (κ1) is 12.0. The van der Waals surface area contributed by atoms with Gasteiger partial charge in [0.05, 0.1) is 0 Å². The molecule has 1 aliphatic rings. The number of nitrogens with one attached hydrogen (secondary N) is 1. The maximum absolute atomic E-state index is 5.65. The summed E-state index contributed by atoms with van der Waals surface area (Å²) in [4.78, 5) is 2.25. The zero-order valence-electron chi connectivity index (χ0n) is 10.0. The zero-order chi connectivity index (χ0) is 10.8. The van der Waals surface area contributed by atoms with Gasteiger partial charge < -0.3 is 4.90 Å². The van der Waals surface area contributed by atoms with E-state index in [2.05, 4.69) is 38.3 Å². The van der Waals surface area contributed by atoms with Gasteiger partial charge >= 0.3 is 0 Å². The molecule has 84 valence electrons. The highest BCUT2D eigenvalue weighted by molar-refractivity contribution is 4.92. The molecular weight excluding hydrogens is 174 g/mol. The molecule has 1 fully saturated rings. The second-order valence-corrected chi connectivity index (χ2v) is 5.30. The van der Waals surface area contributed by atoms with Gasteiger partial charge in [0.15, 0.2) is 0 Å². The van der Waals surface area contributed by atoms with Gasteiger partial charge in [-0.15, -0.1) is 0 Å². The summed E-state index contributed by atoms with van der Waals surface area (Å²) in [6.45, 7) is 4.49. The van der Waals surface area contributed by atoms with E-state index in [9.17, 15) is 0 Å². The molecule has 0 saturated heterocycles. The van der Waals surface area contributed by atoms with Crippen molar-refractivity contribution < 1.29 is 0 Å². The van der Waals surface area contributed by atoms with Crippen LogP contribution in [-0.2, 0) is 0 Å². The summed E-state index contributed by atoms with van der Waals surface area (Å²) in [5.41, 5.74) is 3.11. The molecule has 1 aliphatic carbocycles. The normalized spacial score (nSPS) is 21.0. The van der Waals surface area contributed by atoms with Crippen LogP contribution < -0.4 is 11.3 Å². The van der Waals surface area contributed by atoms with E-state index in [-0.39, 0.29) is 5.54 Å². The number of likely N-dealkylation sites (N-methyl/N-ethyl adjacent to an activating group) is 1. The summed E-state index contributed by atoms with van der Waals surface area (Å²) in [7, 11) is 4.23. The summed E-state index contributed by atoms with van der Waals surface area (Å²) in [6.07, 6.45) is 5.40. The van der Waals surface area contributed by atoms with Crippen molar-refractivity contribution in [3.8, 4) is 0 Å². The highest BCUT2D eigenvalue weighted by Gasteiger charge is 2.33. The maximum atomic E-state index is 5.65. The van der Waals surface area contributed by atoms with Crippen molar-refractivity contribution >= 4 is 0 Å². The quantitative estimate of drug-likeness (QED) is 0.519. The highest BCUT2D eigenvalue weighted by Crippen LogP contribution is 2.33. The Morgan fingerprint density at radius 3 is 2.29 bits per heavy atom. The Hall–Kier alpha value is -0.120. The molecule has 0 radical (unpaired) electrons. The van der Waals surface area contributed by atoms with E-state index in [1.165, 1.54) is 25.7 Å². The molecule has 1 atom stereocenters. The number of rotatable bonds is 5. The Balaban J connectivity index is 2.50. The van der Waals surface area contributed by atoms with E-state index in [4.69, 9.17) is 5.84 Å². The first-order chi connectivity index (χ1) is 6.48. The van der Waals surface area contributed by atoms with E-state index in [1.54, 1.807) is 0 Å². The second-order valence-electron chi connectivity index (χ2n) is 5.30. The molecule has 14 heavy (non-hydrogen) atoms. The molecule has 3 nitrogen and oxygen atoms in total. The molecule has 0 aromatic rings. The van der Waals surface area contributed by atoms with Gasteiger partial charge in [-0.25, -0.2) is 0 Å². The fourth-order valence-corrected chi connectivity index (χ4v) is 1.93. The van der Waals surface area contributed by atoms with Crippen LogP contribution in [-0.4, -0.2) is 30.6 Å². The van der Waals surface area contributed by atoms with Crippen molar-refractivity contribution in [3.63, 3.8) is 0 Å². The van der Waals surface area contributed by atoms with Gasteiger partial charge in [-0.2, -0.15) is 0 Å². The summed E-state index contributed by atoms with van der Waals surface area (Å²) in [5.74, 6) is 6.55. The zero-order valence-corrected chi connectivity index (χ0v) is 10.0. The van der Waals surface area contributed by atoms with E-state index in [0.717, 1.165) is 5.92 Å². The van der Waals surface area contributed by atoms with Gasteiger partial charge in [-0.05, 0) is 40.3 Å². The van der Waals surface area contributed by atoms with Crippen LogP contribution in [0.3, 0.4) is 0 Å². The molecule has 0 amide bonds. The predicted molar refractivity (Wildman–Crippen MR) is 60.8 cm³/mol. The first-order valence-corrected chi connectivity index (χ1v) is 5.62. The predicted octanol–water partition coefficient (Wildman–Crippen LogP) is 1.35. The molecule has 3 N–H and O–H groups in total. The van der Waals surface area contributed by atoms with Crippen LogP contribution in [0, 0.1) is 5.92 Å². The third-order valence-electron chi connectivity index (χ3n) is 4.00. The van der Waals surface area contributed by atoms with Crippen molar-refractivity contribution in [2.75, 3.05) is 14.1 Å². The second kappa shape index (κ2) is 4.60. The lowest BCUT2D eigenvalue weighted by molar-refractivity contribution is 0.108. The molecule has 0 bridgehead atoms. The van der Waals surface area contributed by atoms with Gasteiger partial charge in [-0.1, -0.05) is 19.3 Å². The van der Waals surface area contributed by atoms with Crippen molar-refractivity contribution in [1.82, 2.24) is 10.3 Å². The monoisotopic (exact) mass is 199 g/mol. The van der Waals surface area contributed by atoms with Crippen molar-refractivity contribution in [2.24, 2.45) is 11.8 Å². The van der Waals surface area contributed by atoms with Crippen LogP contribution in [0.1, 0.15) is 39.5 Å². The van der Waals surface area contributed by atoms with Crippen LogP contribution in [0.5, 0.6) is 0 Å². The van der Waals surface area contributed by atoms with Crippen LogP contribution >= 0.6 is 0 Å². The Morgan fingerprint density at radius 1 is 1.43 bits per heavy atom. The van der Waals surface area contributed by atoms with E-state index < -0.39 is 0 Å². The van der Waals surface area contributed by atoms with Crippen molar-refractivity contribution in [1.29, 1.82) is 0 Å². The Bertz CT molecular complexity index is 173. The molecule has 1 saturated carbocycles. The Morgan fingerprint density at radius 2 is 2.00 bits per heavy atom. The molecular formula is C11H25N3. The largest absolute Gasteiger partial charge is 0.303 e. The van der Waals surface area contributed by atoms with E-state index in [1.807, 2.05) is 0 Å². The standard InChI is InChI=1S/C11H25N3/c1-11(2,14(3)4)10(13-12)8-9-6-5-7-9/h9-10,13H,5-8,12H2,1-4H3. The minimum Gasteiger partial charge on any atom is -0.303 e. The number of hydrazine groups is 1. The van der Waals surface area contributed by atoms with Crippen LogP contribution in [0.4, 0.5) is 0 Å². The molecule has 0 heterocycles. The number of nitrogens with two attached hydrogens (primary N) is 1. The van der Waals surface area contributed by atoms with Crippen LogP contribution in [0.2, 0.25) is 0 Å². The summed E-state index contributed by atoms with van der Waals surface area (Å²) >= 11 is 0. The Labute approximate surface area is 88.0 Å². The smallest absolute Gasteiger partial charge is 0.0391 e. The van der Waals surface area contributed by atoms with E-state index >= 15 is 0 Å². The molecule has 3 heteroatoms. The van der Waals surface area contributed by atoms with Crippen molar-refractivity contribution in [3.05, 3.63) is 0 Å². The first-order valence-electron chi connectivity index (χ1n) is 5.62. The molecule has 1 rings (SSSR count). The fraction of sp³-hybridized carbons (Fsp3) is 1.00. The minimum atomic E-state index is 0.129. The lowest BCUT2D eigenvalue weighted by Crippen LogP contribution is -2.58. The van der Waals surface area contributed by atoms with Gasteiger partial charge in [-0.3, -0.25) is 11.3 Å². The van der Waals surface area contributed by atoms with Gasteiger partial charge in [0, 0.05) is 11.6 Å². The third kappa shape index (κ3) is 2.47. The number of nitrogens with zero attached hydrogens (tertiary/aromatic N) is 1. The molecule has 0 aromatic carbocycles. The highest BCUT2D eigenvalue weighted by atomic mass is 15.3. The lowest BCUT2D eigenvalue weighted by Gasteiger charge is -2.42. The summed E-state index contributed by atoms with van der Waals surface area (Å²) in [6, 6.07) is 0.391. The number of hydrogen-bond acceptors (Lipinski definition) is 3. The minimum absolute atomic E-state index is 0.129. The fourth-order valence-electron chi connectivity index (χ4n) is 1.93. The molecule has 0 aliphatic heterocycles. The van der Waals surface area contributed by atoms with Crippen molar-refractivity contribution in [2.45, 2.75) is 51.1 Å². The average Bonchev–Trinajstić information content (AvgIpc) is 2.01. The molecule has 1 unspecified atom stereocenters. The summed E-state index contributed by atoms with van der Waals surface area (Å²) < 4.78 is 0. The van der Waals surface area contributed by atoms with Crippen LogP contribution in [0.25, 0.3) is 0 Å². The van der Waals surface area contributed by atoms with Gasteiger partial charge in [0.1, 0.15) is 0 Å². The van der Waals surface area contributed by atoms with Gasteiger partial charge in [0.2, 0.25) is 0 Å². The maximum Gasteiger partial charge on any atom is 0.0391 e. The average molecular weight is 199 g/mol. The topological polar surface area (TPSA) is 41.3 Å². The lowest BCUT2D eigenvalue weighted by atomic mass is 9.77.